The second kappa shape index (κ2) is 8.52. The molecule has 0 saturated heterocycles. The first-order chi connectivity index (χ1) is 4.31. The Bertz CT molecular complexity index is 89.0. The SMILES string of the molecule is CCCCNC(=O)NN.Cl. The number of carbonyl (C=O) groups excluding carboxylic acids is 1. The maximum absolute atomic E-state index is 10.3. The standard InChI is InChI=1S/C5H13N3O.ClH/c1-2-3-4-7-5(9)8-6;/h2-4,6H2,1H3,(H2,7,8,9);1H. The molecule has 0 unspecified atom stereocenters. The van der Waals surface area contributed by atoms with Crippen LogP contribution in [0, 0.1) is 0 Å². The molecule has 0 atom stereocenters. The molecule has 0 aromatic heterocycles. The predicted octanol–water partition coefficient (Wildman–Crippen LogP) is 0.381. The zero-order chi connectivity index (χ0) is 7.11. The van der Waals surface area contributed by atoms with E-state index in [9.17, 15) is 4.79 Å². The van der Waals surface area contributed by atoms with Crippen LogP contribution in [0.5, 0.6) is 0 Å². The number of hydrazine groups is 1. The summed E-state index contributed by atoms with van der Waals surface area (Å²) >= 11 is 0. The average Bonchev–Trinajstić information content (AvgIpc) is 1.89. The van der Waals surface area contributed by atoms with Crippen molar-refractivity contribution in [2.24, 2.45) is 5.84 Å². The zero-order valence-corrected chi connectivity index (χ0v) is 6.83. The van der Waals surface area contributed by atoms with Crippen molar-refractivity contribution in [3.63, 3.8) is 0 Å². The third-order valence-corrected chi connectivity index (χ3v) is 0.947. The molecule has 0 fully saturated rings. The van der Waals surface area contributed by atoms with Gasteiger partial charge in [-0.1, -0.05) is 13.3 Å². The summed E-state index contributed by atoms with van der Waals surface area (Å²) in [5, 5.41) is 2.56. The summed E-state index contributed by atoms with van der Waals surface area (Å²) in [6, 6.07) is -0.316. The molecule has 0 aliphatic heterocycles. The lowest BCUT2D eigenvalue weighted by Gasteiger charge is -2.00. The van der Waals surface area contributed by atoms with Gasteiger partial charge in [-0.2, -0.15) is 0 Å². The molecule has 0 aromatic carbocycles. The van der Waals surface area contributed by atoms with E-state index in [-0.39, 0.29) is 18.4 Å². The number of urea groups is 1. The third-order valence-electron chi connectivity index (χ3n) is 0.947. The van der Waals surface area contributed by atoms with Crippen LogP contribution in [-0.4, -0.2) is 12.6 Å². The molecule has 4 N–H and O–H groups in total. The van der Waals surface area contributed by atoms with Crippen LogP contribution in [0.25, 0.3) is 0 Å². The van der Waals surface area contributed by atoms with Crippen LogP contribution < -0.4 is 16.6 Å². The van der Waals surface area contributed by atoms with Gasteiger partial charge in [0.05, 0.1) is 0 Å². The summed E-state index contributed by atoms with van der Waals surface area (Å²) < 4.78 is 0. The van der Waals surface area contributed by atoms with E-state index in [1.165, 1.54) is 0 Å². The molecule has 0 rings (SSSR count). The van der Waals surface area contributed by atoms with E-state index in [4.69, 9.17) is 5.84 Å². The molecule has 0 heterocycles. The molecule has 62 valence electrons. The molecule has 0 spiro atoms. The van der Waals surface area contributed by atoms with Gasteiger partial charge in [-0.3, -0.25) is 5.43 Å². The van der Waals surface area contributed by atoms with Crippen molar-refractivity contribution in [3.05, 3.63) is 0 Å². The van der Waals surface area contributed by atoms with E-state index < -0.39 is 0 Å². The number of rotatable bonds is 3. The molecule has 2 amide bonds. The van der Waals surface area contributed by atoms with E-state index in [0.29, 0.717) is 6.54 Å². The topological polar surface area (TPSA) is 67.2 Å². The summed E-state index contributed by atoms with van der Waals surface area (Å²) in [6.07, 6.45) is 2.07. The number of halogens is 1. The number of nitrogens with two attached hydrogens (primary N) is 1. The second-order valence-corrected chi connectivity index (χ2v) is 1.75. The van der Waals surface area contributed by atoms with Crippen molar-refractivity contribution in [1.29, 1.82) is 0 Å². The van der Waals surface area contributed by atoms with Crippen molar-refractivity contribution in [2.75, 3.05) is 6.54 Å². The first-order valence-corrected chi connectivity index (χ1v) is 3.05. The molecule has 5 heteroatoms. The Balaban J connectivity index is 0. The number of hydrogen-bond acceptors (Lipinski definition) is 2. The van der Waals surface area contributed by atoms with Gasteiger partial charge in [0, 0.05) is 6.54 Å². The lowest BCUT2D eigenvalue weighted by atomic mass is 10.3. The normalized spacial score (nSPS) is 7.80. The Morgan fingerprint density at radius 1 is 1.60 bits per heavy atom. The quantitative estimate of drug-likeness (QED) is 0.246. The molecule has 0 aromatic rings. The molecule has 0 aliphatic carbocycles. The molecule has 4 nitrogen and oxygen atoms in total. The number of unbranched alkanes of at least 4 members (excludes halogenated alkanes) is 1. The Kier molecular flexibility index (Phi) is 10.4. The van der Waals surface area contributed by atoms with Crippen molar-refractivity contribution in [3.8, 4) is 0 Å². The van der Waals surface area contributed by atoms with Crippen LogP contribution in [-0.2, 0) is 0 Å². The summed E-state index contributed by atoms with van der Waals surface area (Å²) in [6.45, 7) is 2.75. The van der Waals surface area contributed by atoms with Crippen LogP contribution >= 0.6 is 12.4 Å². The largest absolute Gasteiger partial charge is 0.337 e. The van der Waals surface area contributed by atoms with Gasteiger partial charge in [0.15, 0.2) is 0 Å². The van der Waals surface area contributed by atoms with E-state index >= 15 is 0 Å². The maximum atomic E-state index is 10.3. The minimum atomic E-state index is -0.316. The highest BCUT2D eigenvalue weighted by atomic mass is 35.5. The monoisotopic (exact) mass is 167 g/mol. The van der Waals surface area contributed by atoms with Gasteiger partial charge < -0.3 is 5.32 Å². The molecular weight excluding hydrogens is 154 g/mol. The summed E-state index contributed by atoms with van der Waals surface area (Å²) in [7, 11) is 0. The molecule has 0 radical (unpaired) electrons. The fourth-order valence-corrected chi connectivity index (χ4v) is 0.430. The smallest absolute Gasteiger partial charge is 0.328 e. The Morgan fingerprint density at radius 3 is 2.60 bits per heavy atom. The summed E-state index contributed by atoms with van der Waals surface area (Å²) in [4.78, 5) is 10.3. The fourth-order valence-electron chi connectivity index (χ4n) is 0.430. The van der Waals surface area contributed by atoms with Crippen molar-refractivity contribution >= 4 is 18.4 Å². The number of amides is 2. The molecule has 0 aliphatic rings. The van der Waals surface area contributed by atoms with Crippen LogP contribution in [0.15, 0.2) is 0 Å². The fraction of sp³-hybridized carbons (Fsp3) is 0.800. The van der Waals surface area contributed by atoms with Crippen molar-refractivity contribution in [1.82, 2.24) is 10.7 Å². The van der Waals surface area contributed by atoms with Gasteiger partial charge in [-0.25, -0.2) is 10.6 Å². The first kappa shape index (κ1) is 12.2. The minimum Gasteiger partial charge on any atom is -0.337 e. The molecule has 0 bridgehead atoms. The van der Waals surface area contributed by atoms with E-state index in [1.807, 2.05) is 5.43 Å². The summed E-state index contributed by atoms with van der Waals surface area (Å²) in [5.41, 5.74) is 1.97. The van der Waals surface area contributed by atoms with Crippen LogP contribution in [0.4, 0.5) is 4.79 Å². The lowest BCUT2D eigenvalue weighted by Crippen LogP contribution is -2.40. The highest BCUT2D eigenvalue weighted by molar-refractivity contribution is 5.85. The van der Waals surface area contributed by atoms with E-state index in [1.54, 1.807) is 0 Å². The molecule has 0 saturated carbocycles. The third kappa shape index (κ3) is 7.52. The number of hydrogen-bond donors (Lipinski definition) is 3. The van der Waals surface area contributed by atoms with E-state index in [0.717, 1.165) is 12.8 Å². The molecule has 10 heavy (non-hydrogen) atoms. The van der Waals surface area contributed by atoms with Gasteiger partial charge >= 0.3 is 6.03 Å². The number of nitrogens with one attached hydrogen (secondary N) is 2. The Labute approximate surface area is 66.9 Å². The van der Waals surface area contributed by atoms with Crippen LogP contribution in [0.2, 0.25) is 0 Å². The van der Waals surface area contributed by atoms with E-state index in [2.05, 4.69) is 12.2 Å². The van der Waals surface area contributed by atoms with Crippen molar-refractivity contribution < 1.29 is 4.79 Å². The minimum absolute atomic E-state index is 0. The van der Waals surface area contributed by atoms with Crippen LogP contribution in [0.3, 0.4) is 0 Å². The number of carbonyl (C=O) groups is 1. The Morgan fingerprint density at radius 2 is 2.20 bits per heavy atom. The summed E-state index contributed by atoms with van der Waals surface area (Å²) in [5.74, 6) is 4.79. The molecular formula is C5H14ClN3O. The Hall–Kier alpha value is -0.480. The highest BCUT2D eigenvalue weighted by Gasteiger charge is 1.91. The zero-order valence-electron chi connectivity index (χ0n) is 6.02. The van der Waals surface area contributed by atoms with Gasteiger partial charge in [-0.05, 0) is 6.42 Å². The average molecular weight is 168 g/mol. The highest BCUT2D eigenvalue weighted by Crippen LogP contribution is 1.80. The van der Waals surface area contributed by atoms with Gasteiger partial charge in [0.1, 0.15) is 0 Å². The lowest BCUT2D eigenvalue weighted by molar-refractivity contribution is 0.241. The first-order valence-electron chi connectivity index (χ1n) is 3.05. The van der Waals surface area contributed by atoms with Crippen LogP contribution in [0.1, 0.15) is 19.8 Å². The maximum Gasteiger partial charge on any atom is 0.328 e. The van der Waals surface area contributed by atoms with Gasteiger partial charge in [0.2, 0.25) is 0 Å². The second-order valence-electron chi connectivity index (χ2n) is 1.75. The van der Waals surface area contributed by atoms with Gasteiger partial charge in [0.25, 0.3) is 0 Å². The van der Waals surface area contributed by atoms with Gasteiger partial charge in [-0.15, -0.1) is 12.4 Å². The van der Waals surface area contributed by atoms with Crippen molar-refractivity contribution in [2.45, 2.75) is 19.8 Å². The predicted molar refractivity (Wildman–Crippen MR) is 42.9 cm³/mol.